The summed E-state index contributed by atoms with van der Waals surface area (Å²) in [7, 11) is 0. The summed E-state index contributed by atoms with van der Waals surface area (Å²) in [5.74, 6) is 1.35. The van der Waals surface area contributed by atoms with Crippen molar-refractivity contribution in [3.8, 4) is 0 Å². The summed E-state index contributed by atoms with van der Waals surface area (Å²) in [6.45, 7) is 7.95. The average molecular weight is 328 g/mol. The monoisotopic (exact) mass is 328 g/mol. The van der Waals surface area contributed by atoms with Crippen LogP contribution in [0.1, 0.15) is 32.6 Å². The van der Waals surface area contributed by atoms with Crippen LogP contribution in [-0.4, -0.2) is 45.1 Å². The number of nitrogens with one attached hydrogen (secondary N) is 1. The number of para-hydroxylation sites is 1. The van der Waals surface area contributed by atoms with Crippen molar-refractivity contribution in [1.29, 1.82) is 0 Å². The van der Waals surface area contributed by atoms with Crippen molar-refractivity contribution in [2.75, 3.05) is 24.1 Å². The maximum atomic E-state index is 5.89. The van der Waals surface area contributed by atoms with Crippen LogP contribution in [0.2, 0.25) is 0 Å². The fourth-order valence-corrected chi connectivity index (χ4v) is 3.00. The molecule has 1 aromatic heterocycles. The molecule has 0 spiro atoms. The maximum absolute atomic E-state index is 5.89. The number of ether oxygens (including phenoxy) is 1. The van der Waals surface area contributed by atoms with E-state index in [0.29, 0.717) is 11.8 Å². The summed E-state index contributed by atoms with van der Waals surface area (Å²) in [4.78, 5) is 15.4. The lowest BCUT2D eigenvalue weighted by Crippen LogP contribution is -2.46. The lowest BCUT2D eigenvalue weighted by Gasteiger charge is -2.38. The van der Waals surface area contributed by atoms with Gasteiger partial charge in [-0.1, -0.05) is 18.2 Å². The molecule has 1 aliphatic heterocycles. The van der Waals surface area contributed by atoms with Crippen molar-refractivity contribution in [3.63, 3.8) is 0 Å². The van der Waals surface area contributed by atoms with Gasteiger partial charge in [0.15, 0.2) is 5.82 Å². The van der Waals surface area contributed by atoms with Crippen molar-refractivity contribution in [1.82, 2.24) is 19.9 Å². The number of nitrogens with zero attached hydrogens (tertiary/aromatic N) is 4. The zero-order valence-corrected chi connectivity index (χ0v) is 14.3. The van der Waals surface area contributed by atoms with Crippen LogP contribution in [0.15, 0.2) is 30.3 Å². The van der Waals surface area contributed by atoms with E-state index < -0.39 is 0 Å². The van der Waals surface area contributed by atoms with Crippen molar-refractivity contribution < 1.29 is 4.74 Å². The van der Waals surface area contributed by atoms with Gasteiger partial charge in [0.2, 0.25) is 11.9 Å². The van der Waals surface area contributed by atoms with Gasteiger partial charge < -0.3 is 15.8 Å². The molecule has 24 heavy (non-hydrogen) atoms. The first-order chi connectivity index (χ1) is 11.5. The van der Waals surface area contributed by atoms with Crippen LogP contribution in [-0.2, 0) is 4.74 Å². The molecule has 3 atom stereocenters. The molecule has 128 valence electrons. The van der Waals surface area contributed by atoms with Crippen LogP contribution >= 0.6 is 0 Å². The summed E-state index contributed by atoms with van der Waals surface area (Å²) in [6.07, 6.45) is 0.384. The SMILES string of the molecule is C[C@@H]1CN([C@H](C)c2nc(N)nc(Nc3ccccc3)n2)C[C@H](C)O1. The van der Waals surface area contributed by atoms with Crippen LogP contribution in [0, 0.1) is 0 Å². The zero-order valence-electron chi connectivity index (χ0n) is 14.3. The molecule has 0 saturated carbocycles. The van der Waals surface area contributed by atoms with Gasteiger partial charge in [-0.05, 0) is 32.9 Å². The topological polar surface area (TPSA) is 89.2 Å². The van der Waals surface area contributed by atoms with Gasteiger partial charge in [-0.15, -0.1) is 0 Å². The Bertz CT molecular complexity index is 670. The Balaban J connectivity index is 1.80. The number of anilines is 3. The molecular formula is C17H24N6O. The quantitative estimate of drug-likeness (QED) is 0.890. The van der Waals surface area contributed by atoms with Gasteiger partial charge in [-0.3, -0.25) is 4.90 Å². The summed E-state index contributed by atoms with van der Waals surface area (Å²) < 4.78 is 5.80. The third-order valence-corrected chi connectivity index (χ3v) is 4.07. The number of hydrogen-bond donors (Lipinski definition) is 2. The van der Waals surface area contributed by atoms with E-state index in [0.717, 1.165) is 18.8 Å². The van der Waals surface area contributed by atoms with Crippen LogP contribution < -0.4 is 11.1 Å². The lowest BCUT2D eigenvalue weighted by molar-refractivity contribution is -0.0797. The highest BCUT2D eigenvalue weighted by Gasteiger charge is 2.28. The average Bonchev–Trinajstić information content (AvgIpc) is 2.53. The molecule has 2 aromatic rings. The number of nitrogen functional groups attached to an aromatic ring is 1. The second-order valence-corrected chi connectivity index (χ2v) is 6.25. The highest BCUT2D eigenvalue weighted by Crippen LogP contribution is 2.23. The molecule has 1 saturated heterocycles. The van der Waals surface area contributed by atoms with E-state index in [1.165, 1.54) is 0 Å². The molecule has 2 heterocycles. The molecule has 3 rings (SSSR count). The lowest BCUT2D eigenvalue weighted by atomic mass is 10.1. The van der Waals surface area contributed by atoms with E-state index in [-0.39, 0.29) is 24.2 Å². The number of hydrogen-bond acceptors (Lipinski definition) is 7. The second-order valence-electron chi connectivity index (χ2n) is 6.25. The minimum atomic E-state index is 0.0421. The Morgan fingerprint density at radius 2 is 1.79 bits per heavy atom. The van der Waals surface area contributed by atoms with Crippen molar-refractivity contribution in [3.05, 3.63) is 36.2 Å². The number of nitrogens with two attached hydrogens (primary N) is 1. The minimum absolute atomic E-state index is 0.0421. The van der Waals surface area contributed by atoms with E-state index in [1.807, 2.05) is 30.3 Å². The molecule has 0 bridgehead atoms. The number of morpholine rings is 1. The van der Waals surface area contributed by atoms with Crippen LogP contribution in [0.3, 0.4) is 0 Å². The largest absolute Gasteiger partial charge is 0.373 e. The van der Waals surface area contributed by atoms with Gasteiger partial charge in [0.1, 0.15) is 0 Å². The van der Waals surface area contributed by atoms with Crippen molar-refractivity contribution in [2.24, 2.45) is 0 Å². The van der Waals surface area contributed by atoms with Crippen LogP contribution in [0.5, 0.6) is 0 Å². The van der Waals surface area contributed by atoms with E-state index in [9.17, 15) is 0 Å². The number of aromatic nitrogens is 3. The third kappa shape index (κ3) is 3.98. The molecule has 3 N–H and O–H groups in total. The second kappa shape index (κ2) is 7.11. The van der Waals surface area contributed by atoms with E-state index in [2.05, 4.69) is 45.9 Å². The summed E-state index contributed by atoms with van der Waals surface area (Å²) in [5, 5.41) is 3.18. The van der Waals surface area contributed by atoms with Gasteiger partial charge in [-0.2, -0.15) is 15.0 Å². The predicted molar refractivity (Wildman–Crippen MR) is 94.0 cm³/mol. The molecule has 7 heteroatoms. The Morgan fingerprint density at radius 1 is 1.12 bits per heavy atom. The maximum Gasteiger partial charge on any atom is 0.232 e. The first kappa shape index (κ1) is 16.6. The van der Waals surface area contributed by atoms with Crippen LogP contribution in [0.4, 0.5) is 17.6 Å². The van der Waals surface area contributed by atoms with Gasteiger partial charge in [0.05, 0.1) is 18.2 Å². The van der Waals surface area contributed by atoms with E-state index in [4.69, 9.17) is 10.5 Å². The van der Waals surface area contributed by atoms with E-state index in [1.54, 1.807) is 0 Å². The van der Waals surface area contributed by atoms with Gasteiger partial charge in [0.25, 0.3) is 0 Å². The summed E-state index contributed by atoms with van der Waals surface area (Å²) in [6, 6.07) is 9.81. The third-order valence-electron chi connectivity index (χ3n) is 4.07. The molecule has 0 radical (unpaired) electrons. The molecule has 0 aliphatic carbocycles. The van der Waals surface area contributed by atoms with Crippen LogP contribution in [0.25, 0.3) is 0 Å². The molecule has 1 fully saturated rings. The van der Waals surface area contributed by atoms with Crippen molar-refractivity contribution in [2.45, 2.75) is 39.0 Å². The summed E-state index contributed by atoms with van der Waals surface area (Å²) >= 11 is 0. The fraction of sp³-hybridized carbons (Fsp3) is 0.471. The highest BCUT2D eigenvalue weighted by atomic mass is 16.5. The molecule has 7 nitrogen and oxygen atoms in total. The predicted octanol–water partition coefficient (Wildman–Crippen LogP) is 2.37. The summed E-state index contributed by atoms with van der Waals surface area (Å²) in [5.41, 5.74) is 6.80. The minimum Gasteiger partial charge on any atom is -0.373 e. The zero-order chi connectivity index (χ0) is 17.1. The Morgan fingerprint density at radius 3 is 2.46 bits per heavy atom. The Hall–Kier alpha value is -2.25. The fourth-order valence-electron chi connectivity index (χ4n) is 3.00. The molecule has 0 unspecified atom stereocenters. The first-order valence-corrected chi connectivity index (χ1v) is 8.24. The highest BCUT2D eigenvalue weighted by molar-refractivity contribution is 5.53. The standard InChI is InChI=1S/C17H24N6O/c1-11-9-23(10-12(2)24-11)13(3)15-20-16(18)22-17(21-15)19-14-7-5-4-6-8-14/h4-8,11-13H,9-10H2,1-3H3,(H3,18,19,20,21,22)/t11-,12+,13-/m1/s1. The molecule has 1 aromatic carbocycles. The van der Waals surface area contributed by atoms with Crippen molar-refractivity contribution >= 4 is 17.6 Å². The molecular weight excluding hydrogens is 304 g/mol. The van der Waals surface area contributed by atoms with Gasteiger partial charge >= 0.3 is 0 Å². The Labute approximate surface area is 142 Å². The molecule has 1 aliphatic rings. The number of rotatable bonds is 4. The molecule has 0 amide bonds. The number of benzene rings is 1. The smallest absolute Gasteiger partial charge is 0.232 e. The van der Waals surface area contributed by atoms with E-state index >= 15 is 0 Å². The van der Waals surface area contributed by atoms with Gasteiger partial charge in [0, 0.05) is 18.8 Å². The first-order valence-electron chi connectivity index (χ1n) is 8.24. The van der Waals surface area contributed by atoms with Gasteiger partial charge in [-0.25, -0.2) is 0 Å². The normalized spacial score (nSPS) is 23.0. The Kier molecular flexibility index (Phi) is 4.92.